The molecule has 0 saturated carbocycles. The summed E-state index contributed by atoms with van der Waals surface area (Å²) in [6, 6.07) is 6.05. The van der Waals surface area contributed by atoms with Crippen LogP contribution in [0.3, 0.4) is 0 Å². The summed E-state index contributed by atoms with van der Waals surface area (Å²) in [5.74, 6) is 0.880. The average molecular weight is 279 g/mol. The van der Waals surface area contributed by atoms with Gasteiger partial charge in [-0.2, -0.15) is 0 Å². The fraction of sp³-hybridized carbons (Fsp3) is 0.467. The number of halogens is 1. The number of ether oxygens (including phenoxy) is 1. The number of benzene rings is 1. The molecule has 1 aromatic carbocycles. The summed E-state index contributed by atoms with van der Waals surface area (Å²) >= 11 is 6.33. The van der Waals surface area contributed by atoms with Crippen LogP contribution in [0.4, 0.5) is 0 Å². The van der Waals surface area contributed by atoms with E-state index in [9.17, 15) is 0 Å². The molecule has 1 aliphatic heterocycles. The first kappa shape index (κ1) is 12.8. The third-order valence-corrected chi connectivity index (χ3v) is 4.26. The lowest BCUT2D eigenvalue weighted by molar-refractivity contribution is 0.344. The maximum absolute atomic E-state index is 6.33. The van der Waals surface area contributed by atoms with Crippen molar-refractivity contribution in [3.8, 4) is 5.75 Å². The van der Waals surface area contributed by atoms with E-state index < -0.39 is 0 Å². The summed E-state index contributed by atoms with van der Waals surface area (Å²) in [5, 5.41) is 1.95. The summed E-state index contributed by atoms with van der Waals surface area (Å²) in [6.45, 7) is 3.54. The number of hydrogen-bond donors (Lipinski definition) is 1. The first-order valence-electron chi connectivity index (χ1n) is 6.84. The molecule has 102 valence electrons. The number of nitrogens with zero attached hydrogens (tertiary/aromatic N) is 1. The van der Waals surface area contributed by atoms with Crippen molar-refractivity contribution in [1.29, 1.82) is 0 Å². The van der Waals surface area contributed by atoms with Gasteiger partial charge in [0.1, 0.15) is 10.9 Å². The van der Waals surface area contributed by atoms with Gasteiger partial charge in [-0.15, -0.1) is 0 Å². The van der Waals surface area contributed by atoms with Gasteiger partial charge in [-0.1, -0.05) is 11.6 Å². The van der Waals surface area contributed by atoms with Crippen molar-refractivity contribution in [3.63, 3.8) is 0 Å². The summed E-state index contributed by atoms with van der Waals surface area (Å²) < 4.78 is 5.30. The van der Waals surface area contributed by atoms with E-state index in [-0.39, 0.29) is 0 Å². The minimum atomic E-state index is 0.766. The molecular formula is C15H19ClN2O. The first-order chi connectivity index (χ1) is 9.28. The molecule has 0 aliphatic carbocycles. The Morgan fingerprint density at radius 2 is 2.11 bits per heavy atom. The lowest BCUT2D eigenvalue weighted by Crippen LogP contribution is -2.21. The third-order valence-electron chi connectivity index (χ3n) is 3.94. The van der Waals surface area contributed by atoms with Crippen molar-refractivity contribution in [2.24, 2.45) is 0 Å². The maximum Gasteiger partial charge on any atom is 0.119 e. The Labute approximate surface area is 118 Å². The fourth-order valence-electron chi connectivity index (χ4n) is 2.84. The van der Waals surface area contributed by atoms with E-state index in [2.05, 4.69) is 16.0 Å². The van der Waals surface area contributed by atoms with Gasteiger partial charge >= 0.3 is 0 Å². The number of aromatic amines is 1. The van der Waals surface area contributed by atoms with Gasteiger partial charge in [-0.25, -0.2) is 0 Å². The summed E-state index contributed by atoms with van der Waals surface area (Å²) in [7, 11) is 1.69. The molecule has 1 N–H and O–H groups in total. The second-order valence-electron chi connectivity index (χ2n) is 5.13. The van der Waals surface area contributed by atoms with Crippen LogP contribution < -0.4 is 4.74 Å². The monoisotopic (exact) mass is 278 g/mol. The number of hydrogen-bond acceptors (Lipinski definition) is 2. The van der Waals surface area contributed by atoms with E-state index in [0.717, 1.165) is 29.4 Å². The molecule has 3 rings (SSSR count). The highest BCUT2D eigenvalue weighted by atomic mass is 35.5. The van der Waals surface area contributed by atoms with E-state index in [1.54, 1.807) is 7.11 Å². The maximum atomic E-state index is 6.33. The highest BCUT2D eigenvalue weighted by Gasteiger charge is 2.15. The molecule has 1 fully saturated rings. The largest absolute Gasteiger partial charge is 0.497 e. The standard InChI is InChI=1S/C15H19ClN2O/c1-19-11-4-5-14-13(10-11)12(15(16)17-14)6-9-18-7-2-3-8-18/h4-5,10,17H,2-3,6-9H2,1H3. The summed E-state index contributed by atoms with van der Waals surface area (Å²) in [6.07, 6.45) is 3.65. The number of nitrogens with one attached hydrogen (secondary N) is 1. The fourth-order valence-corrected chi connectivity index (χ4v) is 3.14. The van der Waals surface area contributed by atoms with Gasteiger partial charge in [0.2, 0.25) is 0 Å². The zero-order chi connectivity index (χ0) is 13.2. The summed E-state index contributed by atoms with van der Waals surface area (Å²) in [4.78, 5) is 5.75. The Hall–Kier alpha value is -1.19. The number of aromatic nitrogens is 1. The van der Waals surface area contributed by atoms with Gasteiger partial charge in [0.25, 0.3) is 0 Å². The normalized spacial score (nSPS) is 16.3. The van der Waals surface area contributed by atoms with Gasteiger partial charge < -0.3 is 14.6 Å². The first-order valence-corrected chi connectivity index (χ1v) is 7.22. The van der Waals surface area contributed by atoms with E-state index in [1.807, 2.05) is 12.1 Å². The van der Waals surface area contributed by atoms with Gasteiger partial charge in [0, 0.05) is 17.4 Å². The number of methoxy groups -OCH3 is 1. The molecule has 1 aliphatic rings. The lowest BCUT2D eigenvalue weighted by atomic mass is 10.1. The Morgan fingerprint density at radius 1 is 1.32 bits per heavy atom. The van der Waals surface area contributed by atoms with Crippen LogP contribution in [0.15, 0.2) is 18.2 Å². The molecule has 1 saturated heterocycles. The van der Waals surface area contributed by atoms with Crippen LogP contribution in [0.1, 0.15) is 18.4 Å². The Kier molecular flexibility index (Phi) is 3.67. The minimum Gasteiger partial charge on any atom is -0.497 e. The zero-order valence-electron chi connectivity index (χ0n) is 11.2. The molecule has 1 aromatic heterocycles. The molecule has 2 heterocycles. The third kappa shape index (κ3) is 2.58. The molecule has 19 heavy (non-hydrogen) atoms. The van der Waals surface area contributed by atoms with Crippen molar-refractivity contribution in [2.45, 2.75) is 19.3 Å². The van der Waals surface area contributed by atoms with Crippen molar-refractivity contribution in [3.05, 3.63) is 28.9 Å². The topological polar surface area (TPSA) is 28.3 Å². The molecule has 3 nitrogen and oxygen atoms in total. The smallest absolute Gasteiger partial charge is 0.119 e. The zero-order valence-corrected chi connectivity index (χ0v) is 12.0. The van der Waals surface area contributed by atoms with Gasteiger partial charge in [-0.3, -0.25) is 0 Å². The summed E-state index contributed by atoms with van der Waals surface area (Å²) in [5.41, 5.74) is 2.30. The Bertz CT molecular complexity index is 573. The van der Waals surface area contributed by atoms with Crippen LogP contribution in [0.2, 0.25) is 5.15 Å². The molecule has 0 bridgehead atoms. The van der Waals surface area contributed by atoms with Gasteiger partial charge in [-0.05, 0) is 56.1 Å². The van der Waals surface area contributed by atoms with Gasteiger partial charge in [0.15, 0.2) is 0 Å². The molecule has 4 heteroatoms. The number of H-pyrrole nitrogens is 1. The van der Waals surface area contributed by atoms with Crippen molar-refractivity contribution < 1.29 is 4.74 Å². The molecular weight excluding hydrogens is 260 g/mol. The van der Waals surface area contributed by atoms with E-state index in [0.29, 0.717) is 0 Å². The van der Waals surface area contributed by atoms with Gasteiger partial charge in [0.05, 0.1) is 7.11 Å². The second-order valence-corrected chi connectivity index (χ2v) is 5.51. The number of fused-ring (bicyclic) bond motifs is 1. The Balaban J connectivity index is 1.85. The van der Waals surface area contributed by atoms with E-state index in [4.69, 9.17) is 16.3 Å². The van der Waals surface area contributed by atoms with E-state index in [1.165, 1.54) is 36.9 Å². The minimum absolute atomic E-state index is 0.766. The molecule has 0 atom stereocenters. The molecule has 0 spiro atoms. The predicted molar refractivity (Wildman–Crippen MR) is 79.2 cm³/mol. The van der Waals surface area contributed by atoms with Crippen LogP contribution in [0.5, 0.6) is 5.75 Å². The van der Waals surface area contributed by atoms with Crippen LogP contribution in [0, 0.1) is 0 Å². The van der Waals surface area contributed by atoms with Crippen LogP contribution in [-0.4, -0.2) is 36.6 Å². The lowest BCUT2D eigenvalue weighted by Gasteiger charge is -2.14. The Morgan fingerprint density at radius 3 is 2.84 bits per heavy atom. The SMILES string of the molecule is COc1ccc2[nH]c(Cl)c(CCN3CCCC3)c2c1. The molecule has 2 aromatic rings. The predicted octanol–water partition coefficient (Wildman–Crippen LogP) is 3.47. The van der Waals surface area contributed by atoms with Crippen molar-refractivity contribution in [1.82, 2.24) is 9.88 Å². The van der Waals surface area contributed by atoms with Crippen LogP contribution in [-0.2, 0) is 6.42 Å². The quantitative estimate of drug-likeness (QED) is 0.928. The number of rotatable bonds is 4. The van der Waals surface area contributed by atoms with E-state index >= 15 is 0 Å². The number of likely N-dealkylation sites (tertiary alicyclic amines) is 1. The van der Waals surface area contributed by atoms with Crippen LogP contribution in [0.25, 0.3) is 10.9 Å². The van der Waals surface area contributed by atoms with Crippen LogP contribution >= 0.6 is 11.6 Å². The second kappa shape index (κ2) is 5.43. The van der Waals surface area contributed by atoms with Crippen molar-refractivity contribution >= 4 is 22.5 Å². The highest BCUT2D eigenvalue weighted by molar-refractivity contribution is 6.31. The van der Waals surface area contributed by atoms with Crippen molar-refractivity contribution in [2.75, 3.05) is 26.7 Å². The average Bonchev–Trinajstić information content (AvgIpc) is 3.03. The molecule has 0 unspecified atom stereocenters. The molecule has 0 radical (unpaired) electrons. The highest BCUT2D eigenvalue weighted by Crippen LogP contribution is 2.30. The molecule has 0 amide bonds.